The molecule has 12 heavy (non-hydrogen) atoms. The van der Waals surface area contributed by atoms with Crippen LogP contribution in [0, 0.1) is 0 Å². The van der Waals surface area contributed by atoms with Crippen LogP contribution >= 0.6 is 23.0 Å². The largest absolute Gasteiger partial charge is 0.359 e. The second-order valence-corrected chi connectivity index (χ2v) is 4.04. The summed E-state index contributed by atoms with van der Waals surface area (Å²) in [5.74, 6) is 0. The van der Waals surface area contributed by atoms with Crippen molar-refractivity contribution in [1.82, 2.24) is 5.32 Å². The van der Waals surface area contributed by atoms with Gasteiger partial charge in [-0.3, -0.25) is 5.32 Å². The Morgan fingerprint density at radius 2 is 2.00 bits per heavy atom. The Balaban J connectivity index is 1.73. The summed E-state index contributed by atoms with van der Waals surface area (Å²) in [6.07, 6.45) is 5.91. The van der Waals surface area contributed by atoms with Crippen LogP contribution in [0.15, 0.2) is 0 Å². The molecular formula is C8H14INO2. The first-order valence-electron chi connectivity index (χ1n) is 4.54. The van der Waals surface area contributed by atoms with E-state index in [1.54, 1.807) is 0 Å². The van der Waals surface area contributed by atoms with Crippen LogP contribution in [0.1, 0.15) is 25.7 Å². The summed E-state index contributed by atoms with van der Waals surface area (Å²) >= 11 is 1.99. The van der Waals surface area contributed by atoms with Gasteiger partial charge in [-0.15, -0.1) is 0 Å². The molecule has 1 saturated carbocycles. The molecule has 1 N–H and O–H groups in total. The molecule has 3 atom stereocenters. The van der Waals surface area contributed by atoms with Gasteiger partial charge in [0, 0.05) is 13.0 Å². The van der Waals surface area contributed by atoms with E-state index in [2.05, 4.69) is 5.32 Å². The Kier molecular flexibility index (Phi) is 3.22. The third-order valence-corrected chi connectivity index (χ3v) is 3.15. The summed E-state index contributed by atoms with van der Waals surface area (Å²) in [6, 6.07) is 0. The minimum absolute atomic E-state index is 0.350. The lowest BCUT2D eigenvalue weighted by Crippen LogP contribution is -2.27. The lowest BCUT2D eigenvalue weighted by atomic mass is 9.95. The molecule has 1 aliphatic carbocycles. The molecule has 2 unspecified atom stereocenters. The molecule has 0 spiro atoms. The first-order valence-corrected chi connectivity index (χ1v) is 5.43. The molecule has 1 saturated heterocycles. The van der Waals surface area contributed by atoms with E-state index in [4.69, 9.17) is 7.80 Å². The van der Waals surface area contributed by atoms with Crippen LogP contribution in [0.2, 0.25) is 0 Å². The number of hydrogen-bond donors (Lipinski definition) is 1. The third kappa shape index (κ3) is 2.55. The molecule has 0 amide bonds. The molecule has 4 heteroatoms. The average molecular weight is 283 g/mol. The second kappa shape index (κ2) is 4.21. The maximum atomic E-state index is 5.74. The zero-order valence-corrected chi connectivity index (χ0v) is 9.12. The van der Waals surface area contributed by atoms with Crippen LogP contribution in [-0.4, -0.2) is 25.0 Å². The van der Waals surface area contributed by atoms with Crippen molar-refractivity contribution in [1.29, 1.82) is 0 Å². The molecule has 70 valence electrons. The Bertz CT molecular complexity index is 152. The summed E-state index contributed by atoms with van der Waals surface area (Å²) in [5.41, 5.74) is 0. The van der Waals surface area contributed by atoms with E-state index >= 15 is 0 Å². The van der Waals surface area contributed by atoms with Crippen LogP contribution < -0.4 is 5.32 Å². The summed E-state index contributed by atoms with van der Waals surface area (Å²) in [4.78, 5) is 0. The molecule has 3 nitrogen and oxygen atoms in total. The van der Waals surface area contributed by atoms with E-state index in [-0.39, 0.29) is 0 Å². The number of rotatable bonds is 3. The predicted molar refractivity (Wildman–Crippen MR) is 54.0 cm³/mol. The molecular weight excluding hydrogens is 269 g/mol. The maximum absolute atomic E-state index is 5.74. The first-order chi connectivity index (χ1) is 5.88. The Morgan fingerprint density at radius 3 is 2.67 bits per heavy atom. The third-order valence-electron chi connectivity index (χ3n) is 2.43. The van der Waals surface area contributed by atoms with Gasteiger partial charge in [-0.1, -0.05) is 0 Å². The van der Waals surface area contributed by atoms with Gasteiger partial charge < -0.3 is 7.80 Å². The Morgan fingerprint density at radius 1 is 1.25 bits per heavy atom. The fourth-order valence-corrected chi connectivity index (χ4v) is 2.15. The zero-order chi connectivity index (χ0) is 8.39. The average Bonchev–Trinajstić information content (AvgIpc) is 2.89. The van der Waals surface area contributed by atoms with Gasteiger partial charge in [-0.25, -0.2) is 0 Å². The van der Waals surface area contributed by atoms with Crippen molar-refractivity contribution in [2.24, 2.45) is 0 Å². The van der Waals surface area contributed by atoms with Crippen LogP contribution in [0.3, 0.4) is 0 Å². The highest BCUT2D eigenvalue weighted by Crippen LogP contribution is 2.26. The van der Waals surface area contributed by atoms with Crippen molar-refractivity contribution >= 4 is 23.0 Å². The number of ether oxygens (including phenoxy) is 1. The van der Waals surface area contributed by atoms with Crippen LogP contribution in [0.4, 0.5) is 0 Å². The van der Waals surface area contributed by atoms with E-state index in [0.717, 1.165) is 13.0 Å². The second-order valence-electron chi connectivity index (χ2n) is 3.53. The minimum atomic E-state index is 0.350. The zero-order valence-electron chi connectivity index (χ0n) is 6.96. The number of nitrogens with one attached hydrogen (secondary N) is 1. The van der Waals surface area contributed by atoms with Gasteiger partial charge in [0.05, 0.1) is 12.2 Å². The summed E-state index contributed by atoms with van der Waals surface area (Å²) in [6.45, 7) is 1.03. The van der Waals surface area contributed by atoms with E-state index in [9.17, 15) is 0 Å². The first kappa shape index (κ1) is 9.18. The molecule has 1 heterocycles. The molecule has 1 aliphatic heterocycles. The van der Waals surface area contributed by atoms with Gasteiger partial charge in [0.2, 0.25) is 0 Å². The normalized spacial score (nSPS) is 41.2. The van der Waals surface area contributed by atoms with Gasteiger partial charge in [0.1, 0.15) is 29.2 Å². The predicted octanol–water partition coefficient (Wildman–Crippen LogP) is 1.61. The number of hydrogen-bond acceptors (Lipinski definition) is 3. The molecule has 0 aromatic rings. The van der Waals surface area contributed by atoms with E-state index in [1.165, 1.54) is 19.3 Å². The Hall–Kier alpha value is 0.610. The topological polar surface area (TPSA) is 40.4 Å². The molecule has 0 aromatic carbocycles. The van der Waals surface area contributed by atoms with Gasteiger partial charge >= 0.3 is 0 Å². The van der Waals surface area contributed by atoms with Crippen LogP contribution in [0.25, 0.3) is 0 Å². The molecule has 2 fully saturated rings. The van der Waals surface area contributed by atoms with Gasteiger partial charge in [-0.05, 0) is 19.3 Å². The van der Waals surface area contributed by atoms with Crippen LogP contribution in [-0.2, 0) is 7.80 Å². The lowest BCUT2D eigenvalue weighted by molar-refractivity contribution is -0.00981. The lowest BCUT2D eigenvalue weighted by Gasteiger charge is -2.26. The van der Waals surface area contributed by atoms with Crippen LogP contribution in [0.5, 0.6) is 0 Å². The van der Waals surface area contributed by atoms with E-state index in [1.807, 2.05) is 23.0 Å². The van der Waals surface area contributed by atoms with Crippen molar-refractivity contribution in [3.63, 3.8) is 0 Å². The molecule has 0 bridgehead atoms. The van der Waals surface area contributed by atoms with Crippen molar-refractivity contribution in [2.75, 3.05) is 6.54 Å². The van der Waals surface area contributed by atoms with Crippen molar-refractivity contribution in [2.45, 2.75) is 44.1 Å². The fraction of sp³-hybridized carbons (Fsp3) is 1.00. The quantitative estimate of drug-likeness (QED) is 0.632. The highest BCUT2D eigenvalue weighted by atomic mass is 127. The standard InChI is InChI=1S/C8H14INO2/c9-12-7-3-1-2-6(4-7)11-8-5-10-8/h6-8,10H,1-5H2/t6?,7-,8?/m0/s1. The molecule has 0 aromatic heterocycles. The molecule has 2 aliphatic rings. The monoisotopic (exact) mass is 283 g/mol. The summed E-state index contributed by atoms with van der Waals surface area (Å²) in [7, 11) is 0. The van der Waals surface area contributed by atoms with E-state index < -0.39 is 0 Å². The van der Waals surface area contributed by atoms with Gasteiger partial charge in [-0.2, -0.15) is 0 Å². The van der Waals surface area contributed by atoms with Gasteiger partial charge in [0.15, 0.2) is 0 Å². The highest BCUT2D eigenvalue weighted by Gasteiger charge is 2.29. The molecule has 0 radical (unpaired) electrons. The van der Waals surface area contributed by atoms with Gasteiger partial charge in [0.25, 0.3) is 0 Å². The van der Waals surface area contributed by atoms with Crippen molar-refractivity contribution in [3.8, 4) is 0 Å². The number of halogens is 1. The van der Waals surface area contributed by atoms with Crippen molar-refractivity contribution in [3.05, 3.63) is 0 Å². The summed E-state index contributed by atoms with van der Waals surface area (Å²) in [5, 5.41) is 3.15. The fourth-order valence-electron chi connectivity index (χ4n) is 1.68. The summed E-state index contributed by atoms with van der Waals surface area (Å²) < 4.78 is 11.0. The Labute approximate surface area is 86.9 Å². The smallest absolute Gasteiger partial charge is 0.121 e. The van der Waals surface area contributed by atoms with Crippen molar-refractivity contribution < 1.29 is 7.80 Å². The SMILES string of the molecule is IO[C@H]1CCCC(OC2CN2)C1. The molecule has 2 rings (SSSR count). The minimum Gasteiger partial charge on any atom is -0.359 e. The van der Waals surface area contributed by atoms with E-state index in [0.29, 0.717) is 18.4 Å². The maximum Gasteiger partial charge on any atom is 0.121 e. The highest BCUT2D eigenvalue weighted by molar-refractivity contribution is 14.1.